The van der Waals surface area contributed by atoms with Gasteiger partial charge in [-0.25, -0.2) is 13.4 Å². The summed E-state index contributed by atoms with van der Waals surface area (Å²) < 4.78 is 35.3. The Hall–Kier alpha value is -4.25. The molecule has 5 aromatic rings. The smallest absolute Gasteiger partial charge is 0.260 e. The van der Waals surface area contributed by atoms with Crippen molar-refractivity contribution >= 4 is 32.5 Å². The van der Waals surface area contributed by atoms with Crippen LogP contribution in [0.4, 0.5) is 5.69 Å². The lowest BCUT2D eigenvalue weighted by Crippen LogP contribution is -2.12. The molecule has 0 aliphatic carbocycles. The number of aryl methyl sites for hydroxylation is 1. The molecule has 0 aliphatic rings. The highest BCUT2D eigenvalue weighted by Crippen LogP contribution is 2.33. The zero-order chi connectivity index (χ0) is 23.9. The van der Waals surface area contributed by atoms with Crippen LogP contribution in [0.1, 0.15) is 23.0 Å². The summed E-state index contributed by atoms with van der Waals surface area (Å²) in [5.41, 5.74) is 3.67. The molecule has 5 rings (SSSR count). The highest BCUT2D eigenvalue weighted by molar-refractivity contribution is 7.91. The number of sulfone groups is 1. The van der Waals surface area contributed by atoms with Crippen LogP contribution in [0.25, 0.3) is 33.8 Å². The number of amides is 1. The first-order valence-electron chi connectivity index (χ1n) is 10.4. The van der Waals surface area contributed by atoms with Crippen molar-refractivity contribution in [2.45, 2.75) is 18.7 Å². The fourth-order valence-corrected chi connectivity index (χ4v) is 4.41. The second-order valence-electron chi connectivity index (χ2n) is 7.53. The van der Waals surface area contributed by atoms with E-state index in [0.717, 1.165) is 0 Å². The van der Waals surface area contributed by atoms with Crippen molar-refractivity contribution < 1.29 is 22.2 Å². The number of carbonyl (C=O) groups is 1. The van der Waals surface area contributed by atoms with E-state index in [9.17, 15) is 13.2 Å². The molecule has 0 saturated heterocycles. The number of fused-ring (bicyclic) bond motifs is 1. The first kappa shape index (κ1) is 21.6. The Labute approximate surface area is 193 Å². The van der Waals surface area contributed by atoms with Crippen LogP contribution in [0.2, 0.25) is 0 Å². The zero-order valence-electron chi connectivity index (χ0n) is 18.2. The van der Waals surface area contributed by atoms with Crippen LogP contribution in [0.5, 0.6) is 0 Å². The number of hydrogen-bond donors (Lipinski definition) is 2. The van der Waals surface area contributed by atoms with Crippen molar-refractivity contribution in [2.24, 2.45) is 0 Å². The zero-order valence-corrected chi connectivity index (χ0v) is 19.0. The molecule has 0 atom stereocenters. The molecule has 11 heteroatoms. The van der Waals surface area contributed by atoms with E-state index in [1.807, 2.05) is 6.07 Å². The maximum atomic E-state index is 12.5. The highest BCUT2D eigenvalue weighted by Gasteiger charge is 2.19. The van der Waals surface area contributed by atoms with Gasteiger partial charge in [0, 0.05) is 17.4 Å². The molecule has 1 amide bonds. The lowest BCUT2D eigenvalue weighted by molar-refractivity contribution is 0.102. The molecule has 0 fully saturated rings. The maximum Gasteiger partial charge on any atom is 0.260 e. The predicted octanol–water partition coefficient (Wildman–Crippen LogP) is 4.23. The normalized spacial score (nSPS) is 11.7. The van der Waals surface area contributed by atoms with Crippen molar-refractivity contribution in [3.05, 3.63) is 66.2 Å². The first-order valence-corrected chi connectivity index (χ1v) is 12.0. The molecule has 3 heterocycles. The molecule has 2 N–H and O–H groups in total. The molecule has 0 radical (unpaired) electrons. The van der Waals surface area contributed by atoms with Crippen molar-refractivity contribution in [1.82, 2.24) is 20.3 Å². The highest BCUT2D eigenvalue weighted by atomic mass is 32.2. The van der Waals surface area contributed by atoms with Gasteiger partial charge in [0.2, 0.25) is 5.89 Å². The fraction of sp³-hybridized carbons (Fsp3) is 0.130. The SMILES string of the molecule is CCS(=O)(=O)c1ccc2oc(-c3c[nH]nc3-c3cccc(NC(=O)c4cnoc4C)c3)nc2c1. The molecular weight excluding hydrogens is 458 g/mol. The van der Waals surface area contributed by atoms with Crippen LogP contribution in [0, 0.1) is 6.92 Å². The minimum absolute atomic E-state index is 0.00134. The third kappa shape index (κ3) is 3.86. The van der Waals surface area contributed by atoms with Crippen molar-refractivity contribution in [3.63, 3.8) is 0 Å². The van der Waals surface area contributed by atoms with Crippen molar-refractivity contribution in [3.8, 4) is 22.7 Å². The molecule has 2 aromatic carbocycles. The molecule has 0 spiro atoms. The number of rotatable bonds is 6. The number of nitrogens with zero attached hydrogens (tertiary/aromatic N) is 3. The van der Waals surface area contributed by atoms with E-state index < -0.39 is 9.84 Å². The largest absolute Gasteiger partial charge is 0.436 e. The van der Waals surface area contributed by atoms with Gasteiger partial charge in [0.1, 0.15) is 22.5 Å². The average Bonchev–Trinajstić information content (AvgIpc) is 3.57. The van der Waals surface area contributed by atoms with Gasteiger partial charge >= 0.3 is 0 Å². The van der Waals surface area contributed by atoms with Gasteiger partial charge in [0.05, 0.1) is 22.4 Å². The molecular formula is C23H19N5O5S. The van der Waals surface area contributed by atoms with E-state index in [2.05, 4.69) is 25.7 Å². The van der Waals surface area contributed by atoms with Crippen LogP contribution in [-0.4, -0.2) is 40.4 Å². The van der Waals surface area contributed by atoms with Gasteiger partial charge < -0.3 is 14.3 Å². The van der Waals surface area contributed by atoms with E-state index in [0.29, 0.717) is 50.8 Å². The van der Waals surface area contributed by atoms with Crippen LogP contribution < -0.4 is 5.32 Å². The summed E-state index contributed by atoms with van der Waals surface area (Å²) in [6.07, 6.45) is 3.01. The standard InChI is InChI=1S/C23H19N5O5S/c1-3-34(30,31)16-7-8-20-19(10-16)27-23(32-20)18-11-24-28-21(18)14-5-4-6-15(9-14)26-22(29)17-12-25-33-13(17)2/h4-12H,3H2,1-2H3,(H,24,28)(H,26,29). The summed E-state index contributed by atoms with van der Waals surface area (Å²) in [7, 11) is -3.36. The van der Waals surface area contributed by atoms with Crippen molar-refractivity contribution in [2.75, 3.05) is 11.1 Å². The predicted molar refractivity (Wildman–Crippen MR) is 124 cm³/mol. The number of aromatic amines is 1. The lowest BCUT2D eigenvalue weighted by atomic mass is 10.1. The van der Waals surface area contributed by atoms with Crippen LogP contribution in [0.15, 0.2) is 68.7 Å². The molecule has 0 unspecified atom stereocenters. The van der Waals surface area contributed by atoms with Gasteiger partial charge in [-0.05, 0) is 37.3 Å². The van der Waals surface area contributed by atoms with Gasteiger partial charge in [-0.2, -0.15) is 5.10 Å². The molecule has 0 saturated carbocycles. The minimum Gasteiger partial charge on any atom is -0.436 e. The summed E-state index contributed by atoms with van der Waals surface area (Å²) in [5.74, 6) is 0.377. The third-order valence-electron chi connectivity index (χ3n) is 5.36. The summed E-state index contributed by atoms with van der Waals surface area (Å²) in [4.78, 5) is 17.2. The van der Waals surface area contributed by atoms with Gasteiger partial charge in [-0.15, -0.1) is 0 Å². The summed E-state index contributed by atoms with van der Waals surface area (Å²) in [6, 6.07) is 11.8. The number of carbonyl (C=O) groups excluding carboxylic acids is 1. The second-order valence-corrected chi connectivity index (χ2v) is 9.81. The molecule has 34 heavy (non-hydrogen) atoms. The number of hydrogen-bond acceptors (Lipinski definition) is 8. The minimum atomic E-state index is -3.36. The van der Waals surface area contributed by atoms with E-state index in [-0.39, 0.29) is 16.6 Å². The Morgan fingerprint density at radius 2 is 2.03 bits per heavy atom. The topological polar surface area (TPSA) is 144 Å². The van der Waals surface area contributed by atoms with Crippen LogP contribution >= 0.6 is 0 Å². The summed E-state index contributed by atoms with van der Waals surface area (Å²) in [6.45, 7) is 3.25. The van der Waals surface area contributed by atoms with Gasteiger partial charge in [-0.1, -0.05) is 24.2 Å². The Morgan fingerprint density at radius 1 is 1.18 bits per heavy atom. The number of H-pyrrole nitrogens is 1. The number of oxazole rings is 1. The molecule has 172 valence electrons. The quantitative estimate of drug-likeness (QED) is 0.370. The Morgan fingerprint density at radius 3 is 2.79 bits per heavy atom. The fourth-order valence-electron chi connectivity index (χ4n) is 3.51. The lowest BCUT2D eigenvalue weighted by Gasteiger charge is -2.06. The Balaban J connectivity index is 1.48. The molecule has 3 aromatic heterocycles. The van der Waals surface area contributed by atoms with E-state index >= 15 is 0 Å². The number of nitrogens with one attached hydrogen (secondary N) is 2. The summed E-state index contributed by atoms with van der Waals surface area (Å²) in [5, 5.41) is 13.6. The monoisotopic (exact) mass is 477 g/mol. The van der Waals surface area contributed by atoms with Gasteiger partial charge in [0.25, 0.3) is 5.91 Å². The van der Waals surface area contributed by atoms with E-state index in [1.165, 1.54) is 18.3 Å². The number of aromatic nitrogens is 4. The molecule has 0 bridgehead atoms. The first-order chi connectivity index (χ1) is 16.4. The molecule has 10 nitrogen and oxygen atoms in total. The van der Waals surface area contributed by atoms with Crippen LogP contribution in [0.3, 0.4) is 0 Å². The molecule has 0 aliphatic heterocycles. The van der Waals surface area contributed by atoms with E-state index in [4.69, 9.17) is 8.94 Å². The van der Waals surface area contributed by atoms with Crippen molar-refractivity contribution in [1.29, 1.82) is 0 Å². The van der Waals surface area contributed by atoms with Gasteiger partial charge in [-0.3, -0.25) is 9.89 Å². The number of benzene rings is 2. The van der Waals surface area contributed by atoms with Crippen LogP contribution in [-0.2, 0) is 9.84 Å². The van der Waals surface area contributed by atoms with E-state index in [1.54, 1.807) is 44.3 Å². The average molecular weight is 478 g/mol. The summed E-state index contributed by atoms with van der Waals surface area (Å²) >= 11 is 0. The second kappa shape index (κ2) is 8.27. The Kier molecular flexibility index (Phi) is 5.25. The Bertz CT molecular complexity index is 1630. The third-order valence-corrected chi connectivity index (χ3v) is 7.09. The van der Waals surface area contributed by atoms with Gasteiger partial charge in [0.15, 0.2) is 15.4 Å². The maximum absolute atomic E-state index is 12.5. The number of anilines is 1.